The maximum Gasteiger partial charge on any atom is 0.233 e. The van der Waals surface area contributed by atoms with Crippen molar-refractivity contribution >= 4 is 44.2 Å². The van der Waals surface area contributed by atoms with E-state index in [0.29, 0.717) is 34.4 Å². The fourth-order valence-electron chi connectivity index (χ4n) is 3.40. The normalized spacial score (nSPS) is 11.0. The molecular formula is C24H22ClN3O2S. The van der Waals surface area contributed by atoms with Crippen molar-refractivity contribution in [3.05, 3.63) is 82.1 Å². The van der Waals surface area contributed by atoms with E-state index in [0.717, 1.165) is 27.0 Å². The van der Waals surface area contributed by atoms with Crippen LogP contribution in [0.5, 0.6) is 5.75 Å². The van der Waals surface area contributed by atoms with Gasteiger partial charge in [0.2, 0.25) is 5.91 Å². The highest BCUT2D eigenvalue weighted by molar-refractivity contribution is 7.23. The molecule has 0 bridgehead atoms. The van der Waals surface area contributed by atoms with Crippen LogP contribution in [0.25, 0.3) is 10.2 Å². The molecule has 4 rings (SSSR count). The second kappa shape index (κ2) is 9.04. The maximum absolute atomic E-state index is 13.5. The SMILES string of the molecule is COc1ccc(Cl)c2sc(N(Cc3ccncc3)C(=O)Cc3cc(C)ccc3C)nc12. The minimum atomic E-state index is -0.0281. The van der Waals surface area contributed by atoms with Crippen molar-refractivity contribution in [2.45, 2.75) is 26.8 Å². The predicted octanol–water partition coefficient (Wildman–Crippen LogP) is 5.75. The number of carbonyl (C=O) groups is 1. The van der Waals surface area contributed by atoms with Gasteiger partial charge in [-0.25, -0.2) is 4.98 Å². The van der Waals surface area contributed by atoms with Crippen LogP contribution in [0.1, 0.15) is 22.3 Å². The first-order chi connectivity index (χ1) is 15.0. The summed E-state index contributed by atoms with van der Waals surface area (Å²) in [6, 6.07) is 13.6. The molecule has 0 aliphatic heterocycles. The predicted molar refractivity (Wildman–Crippen MR) is 126 cm³/mol. The highest BCUT2D eigenvalue weighted by atomic mass is 35.5. The molecule has 0 saturated heterocycles. The van der Waals surface area contributed by atoms with Crippen molar-refractivity contribution in [2.24, 2.45) is 0 Å². The van der Waals surface area contributed by atoms with Crippen LogP contribution in [0.2, 0.25) is 5.02 Å². The average molecular weight is 452 g/mol. The number of pyridine rings is 1. The summed E-state index contributed by atoms with van der Waals surface area (Å²) in [5, 5.41) is 1.18. The van der Waals surface area contributed by atoms with Gasteiger partial charge in [0.15, 0.2) is 5.13 Å². The van der Waals surface area contributed by atoms with Gasteiger partial charge in [0.05, 0.1) is 29.8 Å². The second-order valence-electron chi connectivity index (χ2n) is 7.37. The van der Waals surface area contributed by atoms with Gasteiger partial charge in [-0.3, -0.25) is 14.7 Å². The third-order valence-electron chi connectivity index (χ3n) is 5.14. The summed E-state index contributed by atoms with van der Waals surface area (Å²) >= 11 is 7.81. The van der Waals surface area contributed by atoms with E-state index in [1.165, 1.54) is 11.3 Å². The Hall–Kier alpha value is -2.96. The maximum atomic E-state index is 13.5. The van der Waals surface area contributed by atoms with Gasteiger partial charge >= 0.3 is 0 Å². The molecule has 0 fully saturated rings. The highest BCUT2D eigenvalue weighted by Gasteiger charge is 2.23. The molecule has 2 aromatic heterocycles. The van der Waals surface area contributed by atoms with Crippen molar-refractivity contribution in [2.75, 3.05) is 12.0 Å². The number of hydrogen-bond donors (Lipinski definition) is 0. The Morgan fingerprint density at radius 2 is 1.90 bits per heavy atom. The molecule has 0 aliphatic carbocycles. The Balaban J connectivity index is 1.76. The van der Waals surface area contributed by atoms with Gasteiger partial charge in [-0.15, -0.1) is 0 Å². The summed E-state index contributed by atoms with van der Waals surface area (Å²) in [4.78, 5) is 24.0. The van der Waals surface area contributed by atoms with E-state index in [9.17, 15) is 4.79 Å². The number of benzene rings is 2. The van der Waals surface area contributed by atoms with Gasteiger partial charge < -0.3 is 4.74 Å². The first-order valence-corrected chi connectivity index (χ1v) is 11.0. The molecule has 0 unspecified atom stereocenters. The molecule has 4 aromatic rings. The number of methoxy groups -OCH3 is 1. The van der Waals surface area contributed by atoms with Gasteiger partial charge in [-0.2, -0.15) is 0 Å². The smallest absolute Gasteiger partial charge is 0.233 e. The molecule has 0 aliphatic rings. The van der Waals surface area contributed by atoms with E-state index in [1.54, 1.807) is 36.5 Å². The Bertz CT molecular complexity index is 1240. The van der Waals surface area contributed by atoms with Gasteiger partial charge in [0.1, 0.15) is 11.3 Å². The number of aryl methyl sites for hydroxylation is 2. The van der Waals surface area contributed by atoms with Gasteiger partial charge in [0, 0.05) is 12.4 Å². The number of nitrogens with zero attached hydrogens (tertiary/aromatic N) is 3. The van der Waals surface area contributed by atoms with E-state index < -0.39 is 0 Å². The fraction of sp³-hybridized carbons (Fsp3) is 0.208. The van der Waals surface area contributed by atoms with Crippen molar-refractivity contribution in [1.29, 1.82) is 0 Å². The van der Waals surface area contributed by atoms with Crippen LogP contribution in [0.3, 0.4) is 0 Å². The lowest BCUT2D eigenvalue weighted by Gasteiger charge is -2.20. The van der Waals surface area contributed by atoms with Crippen molar-refractivity contribution in [3.63, 3.8) is 0 Å². The summed E-state index contributed by atoms with van der Waals surface area (Å²) in [7, 11) is 1.60. The molecular weight excluding hydrogens is 430 g/mol. The molecule has 5 nitrogen and oxygen atoms in total. The lowest BCUT2D eigenvalue weighted by Crippen LogP contribution is -2.32. The summed E-state index contributed by atoms with van der Waals surface area (Å²) in [5.74, 6) is 0.604. The number of rotatable bonds is 6. The van der Waals surface area contributed by atoms with Crippen LogP contribution >= 0.6 is 22.9 Å². The summed E-state index contributed by atoms with van der Waals surface area (Å²) in [6.07, 6.45) is 3.74. The molecule has 0 radical (unpaired) electrons. The number of fused-ring (bicyclic) bond motifs is 1. The minimum Gasteiger partial charge on any atom is -0.494 e. The topological polar surface area (TPSA) is 55.3 Å². The quantitative estimate of drug-likeness (QED) is 0.374. The summed E-state index contributed by atoms with van der Waals surface area (Å²) in [6.45, 7) is 4.45. The Morgan fingerprint density at radius 3 is 2.65 bits per heavy atom. The third kappa shape index (κ3) is 4.55. The Morgan fingerprint density at radius 1 is 1.13 bits per heavy atom. The summed E-state index contributed by atoms with van der Waals surface area (Å²) < 4.78 is 6.25. The minimum absolute atomic E-state index is 0.0281. The molecule has 2 aromatic carbocycles. The molecule has 0 spiro atoms. The fourth-order valence-corrected chi connectivity index (χ4v) is 4.68. The van der Waals surface area contributed by atoms with Gasteiger partial charge in [-0.1, -0.05) is 46.7 Å². The number of amides is 1. The number of ether oxygens (including phenoxy) is 1. The van der Waals surface area contributed by atoms with Crippen molar-refractivity contribution < 1.29 is 9.53 Å². The number of anilines is 1. The Kier molecular flexibility index (Phi) is 6.20. The van der Waals surface area contributed by atoms with Crippen molar-refractivity contribution in [3.8, 4) is 5.75 Å². The van der Waals surface area contributed by atoms with Crippen LogP contribution in [0, 0.1) is 13.8 Å². The zero-order chi connectivity index (χ0) is 22.0. The molecule has 1 amide bonds. The largest absolute Gasteiger partial charge is 0.494 e. The first kappa shape index (κ1) is 21.3. The summed E-state index contributed by atoms with van der Waals surface area (Å²) in [5.41, 5.74) is 4.87. The average Bonchev–Trinajstić information content (AvgIpc) is 3.21. The van der Waals surface area contributed by atoms with Crippen LogP contribution < -0.4 is 9.64 Å². The van der Waals surface area contributed by atoms with Crippen LogP contribution in [0.4, 0.5) is 5.13 Å². The third-order valence-corrected chi connectivity index (χ3v) is 6.67. The first-order valence-electron chi connectivity index (χ1n) is 9.84. The lowest BCUT2D eigenvalue weighted by atomic mass is 10.0. The van der Waals surface area contributed by atoms with Crippen LogP contribution in [-0.2, 0) is 17.8 Å². The number of aromatic nitrogens is 2. The zero-order valence-corrected chi connectivity index (χ0v) is 19.1. The lowest BCUT2D eigenvalue weighted by molar-refractivity contribution is -0.118. The van der Waals surface area contributed by atoms with E-state index in [2.05, 4.69) is 17.1 Å². The second-order valence-corrected chi connectivity index (χ2v) is 8.75. The molecule has 0 N–H and O–H groups in total. The van der Waals surface area contributed by atoms with E-state index in [1.807, 2.05) is 32.0 Å². The van der Waals surface area contributed by atoms with Crippen LogP contribution in [0.15, 0.2) is 54.9 Å². The number of halogens is 1. The van der Waals surface area contributed by atoms with Crippen LogP contribution in [-0.4, -0.2) is 23.0 Å². The molecule has 31 heavy (non-hydrogen) atoms. The van der Waals surface area contributed by atoms with E-state index in [-0.39, 0.29) is 5.91 Å². The van der Waals surface area contributed by atoms with Gasteiger partial charge in [0.25, 0.3) is 0 Å². The number of carbonyl (C=O) groups excluding carboxylic acids is 1. The Labute approximate surface area is 190 Å². The monoisotopic (exact) mass is 451 g/mol. The zero-order valence-electron chi connectivity index (χ0n) is 17.6. The van der Waals surface area contributed by atoms with Gasteiger partial charge in [-0.05, 0) is 54.8 Å². The molecule has 158 valence electrons. The number of hydrogen-bond acceptors (Lipinski definition) is 5. The number of thiazole rings is 1. The van der Waals surface area contributed by atoms with E-state index in [4.69, 9.17) is 21.3 Å². The molecule has 0 saturated carbocycles. The molecule has 7 heteroatoms. The molecule has 0 atom stereocenters. The highest BCUT2D eigenvalue weighted by Crippen LogP contribution is 2.39. The molecule has 2 heterocycles. The van der Waals surface area contributed by atoms with Crippen molar-refractivity contribution in [1.82, 2.24) is 9.97 Å². The van der Waals surface area contributed by atoms with E-state index >= 15 is 0 Å². The standard InChI is InChI=1S/C24H22ClN3O2S/c1-15-4-5-16(2)18(12-15)13-21(29)28(14-17-8-10-26-11-9-17)24-27-22-20(30-3)7-6-19(25)23(22)31-24/h4-12H,13-14H2,1-3H3.